The second kappa shape index (κ2) is 5.78. The molecule has 0 unspecified atom stereocenters. The molecule has 1 aliphatic rings. The van der Waals surface area contributed by atoms with Crippen molar-refractivity contribution in [2.24, 2.45) is 0 Å². The van der Waals surface area contributed by atoms with Crippen molar-refractivity contribution >= 4 is 21.6 Å². The number of amides is 1. The van der Waals surface area contributed by atoms with Gasteiger partial charge in [0, 0.05) is 19.7 Å². The molecule has 0 atom stereocenters. The molecule has 0 aliphatic carbocycles. The Labute approximate surface area is 117 Å². The molecule has 0 bridgehead atoms. The van der Waals surface area contributed by atoms with Crippen LogP contribution in [0.2, 0.25) is 0 Å². The van der Waals surface area contributed by atoms with Gasteiger partial charge in [0.1, 0.15) is 5.75 Å². The highest BCUT2D eigenvalue weighted by atomic mass is 32.2. The minimum Gasteiger partial charge on any atom is -0.482 e. The van der Waals surface area contributed by atoms with Crippen LogP contribution in [0.1, 0.15) is 5.56 Å². The molecule has 1 amide bonds. The number of carbonyl (C=O) groups excluding carboxylic acids is 1. The topological polar surface area (TPSA) is 93.7 Å². The van der Waals surface area contributed by atoms with Crippen LogP contribution in [0, 0.1) is 6.92 Å². The SMILES string of the molecule is COCCNS(=O)(=O)c1cc2c(cc1C)NC(=O)CO2. The van der Waals surface area contributed by atoms with Crippen molar-refractivity contribution < 1.29 is 22.7 Å². The molecule has 2 rings (SSSR count). The maximum Gasteiger partial charge on any atom is 0.262 e. The number of anilines is 1. The van der Waals surface area contributed by atoms with Crippen molar-refractivity contribution in [1.82, 2.24) is 4.72 Å². The van der Waals surface area contributed by atoms with Gasteiger partial charge >= 0.3 is 0 Å². The number of hydrogen-bond acceptors (Lipinski definition) is 5. The molecule has 1 aromatic carbocycles. The Morgan fingerprint density at radius 1 is 1.45 bits per heavy atom. The lowest BCUT2D eigenvalue weighted by Gasteiger charge is -2.20. The number of ether oxygens (including phenoxy) is 2. The summed E-state index contributed by atoms with van der Waals surface area (Å²) in [6, 6.07) is 3.00. The van der Waals surface area contributed by atoms with Crippen LogP contribution in [0.3, 0.4) is 0 Å². The first-order chi connectivity index (χ1) is 9.44. The second-order valence-electron chi connectivity index (χ2n) is 4.34. The molecule has 0 radical (unpaired) electrons. The summed E-state index contributed by atoms with van der Waals surface area (Å²) in [5.41, 5.74) is 1.01. The Hall–Kier alpha value is -1.64. The molecule has 8 heteroatoms. The second-order valence-corrected chi connectivity index (χ2v) is 6.08. The van der Waals surface area contributed by atoms with Gasteiger partial charge in [-0.15, -0.1) is 0 Å². The van der Waals surface area contributed by atoms with E-state index in [4.69, 9.17) is 9.47 Å². The number of nitrogens with one attached hydrogen (secondary N) is 2. The minimum absolute atomic E-state index is 0.118. The Morgan fingerprint density at radius 2 is 2.20 bits per heavy atom. The highest BCUT2D eigenvalue weighted by Gasteiger charge is 2.23. The zero-order valence-corrected chi connectivity index (χ0v) is 12.0. The van der Waals surface area contributed by atoms with Gasteiger partial charge in [0.25, 0.3) is 5.91 Å². The van der Waals surface area contributed by atoms with Gasteiger partial charge in [0.05, 0.1) is 17.2 Å². The average molecular weight is 300 g/mol. The summed E-state index contributed by atoms with van der Waals surface area (Å²) < 4.78 is 36.8. The Morgan fingerprint density at radius 3 is 2.90 bits per heavy atom. The molecule has 110 valence electrons. The van der Waals surface area contributed by atoms with E-state index in [0.717, 1.165) is 0 Å². The summed E-state index contributed by atoms with van der Waals surface area (Å²) in [6.45, 7) is 2.02. The largest absolute Gasteiger partial charge is 0.482 e. The number of hydrogen-bond donors (Lipinski definition) is 2. The quantitative estimate of drug-likeness (QED) is 0.760. The zero-order chi connectivity index (χ0) is 14.8. The summed E-state index contributed by atoms with van der Waals surface area (Å²) in [5, 5.41) is 2.63. The van der Waals surface area contributed by atoms with Gasteiger partial charge in [0.2, 0.25) is 10.0 Å². The molecule has 1 aliphatic heterocycles. The molecule has 7 nitrogen and oxygen atoms in total. The Balaban J connectivity index is 2.31. The van der Waals surface area contributed by atoms with Crippen molar-refractivity contribution in [3.05, 3.63) is 17.7 Å². The summed E-state index contributed by atoms with van der Waals surface area (Å²) in [6.07, 6.45) is 0. The fraction of sp³-hybridized carbons (Fsp3) is 0.417. The molecule has 0 aromatic heterocycles. The summed E-state index contributed by atoms with van der Waals surface area (Å²) in [7, 11) is -2.14. The van der Waals surface area contributed by atoms with Crippen molar-refractivity contribution in [2.75, 3.05) is 32.2 Å². The molecule has 1 heterocycles. The van der Waals surface area contributed by atoms with Gasteiger partial charge in [-0.1, -0.05) is 0 Å². The number of sulfonamides is 1. The predicted molar refractivity (Wildman–Crippen MR) is 72.4 cm³/mol. The van der Waals surface area contributed by atoms with Gasteiger partial charge in [-0.2, -0.15) is 0 Å². The zero-order valence-electron chi connectivity index (χ0n) is 11.2. The first-order valence-corrected chi connectivity index (χ1v) is 7.48. The highest BCUT2D eigenvalue weighted by Crippen LogP contribution is 2.32. The number of methoxy groups -OCH3 is 1. The third-order valence-electron chi connectivity index (χ3n) is 2.80. The van der Waals surface area contributed by atoms with Gasteiger partial charge < -0.3 is 14.8 Å². The van der Waals surface area contributed by atoms with E-state index in [2.05, 4.69) is 10.0 Å². The molecule has 2 N–H and O–H groups in total. The van der Waals surface area contributed by atoms with Crippen LogP contribution >= 0.6 is 0 Å². The van der Waals surface area contributed by atoms with Gasteiger partial charge in [-0.3, -0.25) is 4.79 Å². The molecule has 0 spiro atoms. The van der Waals surface area contributed by atoms with Crippen LogP contribution in [-0.2, 0) is 19.6 Å². The molecular formula is C12H16N2O5S. The van der Waals surface area contributed by atoms with Crippen molar-refractivity contribution in [3.63, 3.8) is 0 Å². The van der Waals surface area contributed by atoms with Crippen molar-refractivity contribution in [2.45, 2.75) is 11.8 Å². The van der Waals surface area contributed by atoms with Gasteiger partial charge in [0.15, 0.2) is 6.61 Å². The van der Waals surface area contributed by atoms with Crippen LogP contribution in [0.25, 0.3) is 0 Å². The molecular weight excluding hydrogens is 284 g/mol. The normalized spacial score (nSPS) is 14.4. The fourth-order valence-electron chi connectivity index (χ4n) is 1.86. The van der Waals surface area contributed by atoms with E-state index in [1.54, 1.807) is 13.0 Å². The molecule has 20 heavy (non-hydrogen) atoms. The Bertz CT molecular complexity index is 627. The van der Waals surface area contributed by atoms with E-state index < -0.39 is 10.0 Å². The number of rotatable bonds is 5. The first-order valence-electron chi connectivity index (χ1n) is 6.00. The minimum atomic E-state index is -3.63. The van der Waals surface area contributed by atoms with Crippen molar-refractivity contribution in [1.29, 1.82) is 0 Å². The molecule has 0 saturated carbocycles. The maximum absolute atomic E-state index is 12.2. The van der Waals surface area contributed by atoms with E-state index in [1.807, 2.05) is 0 Å². The molecule has 0 fully saturated rings. The first kappa shape index (κ1) is 14.8. The number of carbonyl (C=O) groups is 1. The van der Waals surface area contributed by atoms with Gasteiger partial charge in [-0.05, 0) is 18.6 Å². The fourth-order valence-corrected chi connectivity index (χ4v) is 3.11. The number of benzene rings is 1. The predicted octanol–water partition coefficient (Wildman–Crippen LogP) is 0.251. The summed E-state index contributed by atoms with van der Waals surface area (Å²) in [5.74, 6) is 0.0908. The van der Waals surface area contributed by atoms with E-state index in [-0.39, 0.29) is 30.6 Å². The van der Waals surface area contributed by atoms with E-state index in [0.29, 0.717) is 17.0 Å². The smallest absolute Gasteiger partial charge is 0.262 e. The molecule has 1 aromatic rings. The number of aryl methyl sites for hydroxylation is 1. The number of fused-ring (bicyclic) bond motifs is 1. The lowest BCUT2D eigenvalue weighted by atomic mass is 10.2. The van der Waals surface area contributed by atoms with Crippen LogP contribution in [0.5, 0.6) is 5.75 Å². The lowest BCUT2D eigenvalue weighted by molar-refractivity contribution is -0.118. The highest BCUT2D eigenvalue weighted by molar-refractivity contribution is 7.89. The van der Waals surface area contributed by atoms with Crippen LogP contribution < -0.4 is 14.8 Å². The average Bonchev–Trinajstić information content (AvgIpc) is 2.37. The van der Waals surface area contributed by atoms with Crippen LogP contribution in [0.15, 0.2) is 17.0 Å². The summed E-state index contributed by atoms with van der Waals surface area (Å²) in [4.78, 5) is 11.3. The monoisotopic (exact) mass is 300 g/mol. The van der Waals surface area contributed by atoms with E-state index in [1.165, 1.54) is 13.2 Å². The van der Waals surface area contributed by atoms with Gasteiger partial charge in [-0.25, -0.2) is 13.1 Å². The summed E-state index contributed by atoms with van der Waals surface area (Å²) >= 11 is 0. The maximum atomic E-state index is 12.2. The standard InChI is InChI=1S/C12H16N2O5S/c1-8-5-9-10(19-7-12(15)14-9)6-11(8)20(16,17)13-3-4-18-2/h5-6,13H,3-4,7H2,1-2H3,(H,14,15). The van der Waals surface area contributed by atoms with E-state index >= 15 is 0 Å². The lowest BCUT2D eigenvalue weighted by Crippen LogP contribution is -2.29. The van der Waals surface area contributed by atoms with E-state index in [9.17, 15) is 13.2 Å². The third kappa shape index (κ3) is 3.09. The van der Waals surface area contributed by atoms with Crippen molar-refractivity contribution in [3.8, 4) is 5.75 Å². The van der Waals surface area contributed by atoms with Crippen LogP contribution in [0.4, 0.5) is 5.69 Å². The van der Waals surface area contributed by atoms with Crippen LogP contribution in [-0.4, -0.2) is 41.2 Å². The molecule has 0 saturated heterocycles. The Kier molecular flexibility index (Phi) is 4.26. The third-order valence-corrected chi connectivity index (χ3v) is 4.40.